The normalized spacial score (nSPS) is 11.4. The lowest BCUT2D eigenvalue weighted by Gasteiger charge is -2.19. The zero-order valence-electron chi connectivity index (χ0n) is 16.6. The second-order valence-corrected chi connectivity index (χ2v) is 6.78. The summed E-state index contributed by atoms with van der Waals surface area (Å²) >= 11 is 0. The maximum absolute atomic E-state index is 11.6. The molecule has 2 aromatic heterocycles. The van der Waals surface area contributed by atoms with Crippen molar-refractivity contribution >= 4 is 36.0 Å². The van der Waals surface area contributed by atoms with E-state index in [2.05, 4.69) is 30.9 Å². The van der Waals surface area contributed by atoms with Gasteiger partial charge in [-0.2, -0.15) is 0 Å². The number of hydrogen-bond acceptors (Lipinski definition) is 5. The molecule has 0 spiro atoms. The highest BCUT2D eigenvalue weighted by atomic mass is 127. The van der Waals surface area contributed by atoms with E-state index in [1.54, 1.807) is 25.8 Å². The average Bonchev–Trinajstić information content (AvgIpc) is 3.15. The van der Waals surface area contributed by atoms with E-state index in [-0.39, 0.29) is 24.0 Å². The number of ether oxygens (including phenoxy) is 1. The number of guanidine groups is 1. The summed E-state index contributed by atoms with van der Waals surface area (Å²) in [6.45, 7) is 7.01. The Bertz CT molecular complexity index is 740. The number of carbonyl (C=O) groups excluding carboxylic acids is 1. The summed E-state index contributed by atoms with van der Waals surface area (Å²) in [5.74, 6) is 1.45. The fraction of sp³-hybridized carbons (Fsp3) is 0.444. The van der Waals surface area contributed by atoms with Gasteiger partial charge in [0.2, 0.25) is 0 Å². The van der Waals surface area contributed by atoms with Crippen LogP contribution in [0.5, 0.6) is 0 Å². The first-order valence-corrected chi connectivity index (χ1v) is 8.72. The number of imidazole rings is 1. The number of aliphatic imine (C=N–C) groups is 1. The lowest BCUT2D eigenvalue weighted by atomic mass is 10.2. The first kappa shape index (κ1) is 23.7. The average molecular weight is 501 g/mol. The molecule has 154 valence electrons. The molecule has 0 saturated carbocycles. The van der Waals surface area contributed by atoms with Crippen molar-refractivity contribution in [1.29, 1.82) is 0 Å². The highest BCUT2D eigenvalue weighted by Gasteiger charge is 2.15. The van der Waals surface area contributed by atoms with Gasteiger partial charge in [-0.05, 0) is 32.4 Å². The van der Waals surface area contributed by atoms with Gasteiger partial charge in [0.25, 0.3) is 0 Å². The fourth-order valence-corrected chi connectivity index (χ4v) is 2.13. The number of pyridine rings is 1. The summed E-state index contributed by atoms with van der Waals surface area (Å²) < 4.78 is 7.02. The van der Waals surface area contributed by atoms with Crippen LogP contribution >= 0.6 is 24.0 Å². The van der Waals surface area contributed by atoms with Gasteiger partial charge in [-0.25, -0.2) is 14.8 Å². The van der Waals surface area contributed by atoms with Crippen LogP contribution < -0.4 is 16.0 Å². The molecule has 9 nitrogen and oxygen atoms in total. The zero-order valence-corrected chi connectivity index (χ0v) is 18.9. The Labute approximate surface area is 182 Å². The van der Waals surface area contributed by atoms with Crippen LogP contribution in [0.3, 0.4) is 0 Å². The van der Waals surface area contributed by atoms with Crippen LogP contribution in [-0.4, -0.2) is 52.3 Å². The van der Waals surface area contributed by atoms with Gasteiger partial charge in [0.05, 0.1) is 0 Å². The molecule has 0 aromatic carbocycles. The number of nitrogens with one attached hydrogen (secondary N) is 3. The van der Waals surface area contributed by atoms with Gasteiger partial charge in [-0.15, -0.1) is 24.0 Å². The van der Waals surface area contributed by atoms with Crippen molar-refractivity contribution in [2.24, 2.45) is 4.99 Å². The molecule has 0 saturated heterocycles. The number of carbonyl (C=O) groups is 1. The smallest absolute Gasteiger partial charge is 0.407 e. The van der Waals surface area contributed by atoms with Crippen LogP contribution in [0.15, 0.2) is 42.0 Å². The standard InChI is InChI=1S/C18H27N7O2.HI/c1-18(2,3)27-17(26)22-8-7-21-16(19-4)24-12-14-5-6-15(23-11-14)25-10-9-20-13-25;/h5-6,9-11,13H,7-8,12H2,1-4H3,(H,22,26)(H2,19,21,24);1H. The molecule has 0 radical (unpaired) electrons. The van der Waals surface area contributed by atoms with Gasteiger partial charge in [0.1, 0.15) is 17.7 Å². The summed E-state index contributed by atoms with van der Waals surface area (Å²) in [5.41, 5.74) is 0.519. The Balaban J connectivity index is 0.00000392. The lowest BCUT2D eigenvalue weighted by molar-refractivity contribution is 0.0529. The van der Waals surface area contributed by atoms with Crippen LogP contribution in [0.1, 0.15) is 26.3 Å². The van der Waals surface area contributed by atoms with Gasteiger partial charge in [0, 0.05) is 45.3 Å². The van der Waals surface area contributed by atoms with E-state index in [1.807, 2.05) is 43.7 Å². The molecule has 0 fully saturated rings. The van der Waals surface area contributed by atoms with Crippen LogP contribution in [-0.2, 0) is 11.3 Å². The first-order valence-electron chi connectivity index (χ1n) is 8.72. The second-order valence-electron chi connectivity index (χ2n) is 6.78. The van der Waals surface area contributed by atoms with Crippen LogP contribution in [0, 0.1) is 0 Å². The first-order chi connectivity index (χ1) is 12.9. The quantitative estimate of drug-likeness (QED) is 0.242. The largest absolute Gasteiger partial charge is 0.444 e. The van der Waals surface area contributed by atoms with E-state index >= 15 is 0 Å². The Morgan fingerprint density at radius 2 is 1.96 bits per heavy atom. The highest BCUT2D eigenvalue weighted by molar-refractivity contribution is 14.0. The monoisotopic (exact) mass is 501 g/mol. The third kappa shape index (κ3) is 8.55. The molecule has 1 amide bonds. The highest BCUT2D eigenvalue weighted by Crippen LogP contribution is 2.06. The van der Waals surface area contributed by atoms with Crippen LogP contribution in [0.2, 0.25) is 0 Å². The Morgan fingerprint density at radius 3 is 2.54 bits per heavy atom. The van der Waals surface area contributed by atoms with E-state index in [9.17, 15) is 4.79 Å². The van der Waals surface area contributed by atoms with Crippen LogP contribution in [0.4, 0.5) is 4.79 Å². The third-order valence-corrected chi connectivity index (χ3v) is 3.35. The molecule has 28 heavy (non-hydrogen) atoms. The van der Waals surface area contributed by atoms with Crippen molar-refractivity contribution in [3.8, 4) is 5.82 Å². The lowest BCUT2D eigenvalue weighted by Crippen LogP contribution is -2.42. The molecule has 0 bridgehead atoms. The van der Waals surface area contributed by atoms with Gasteiger partial charge in [-0.3, -0.25) is 9.56 Å². The Morgan fingerprint density at radius 1 is 1.21 bits per heavy atom. The molecule has 0 unspecified atom stereocenters. The number of rotatable bonds is 6. The number of nitrogens with zero attached hydrogens (tertiary/aromatic N) is 4. The van der Waals surface area contributed by atoms with Crippen molar-refractivity contribution in [1.82, 2.24) is 30.5 Å². The molecule has 0 atom stereocenters. The maximum atomic E-state index is 11.6. The van der Waals surface area contributed by atoms with Gasteiger partial charge >= 0.3 is 6.09 Å². The molecular formula is C18H28IN7O2. The Kier molecular flexibility index (Phi) is 9.69. The molecule has 3 N–H and O–H groups in total. The molecule has 0 aliphatic rings. The number of hydrogen-bond donors (Lipinski definition) is 3. The minimum Gasteiger partial charge on any atom is -0.444 e. The maximum Gasteiger partial charge on any atom is 0.407 e. The van der Waals surface area contributed by atoms with Crippen LogP contribution in [0.25, 0.3) is 5.82 Å². The van der Waals surface area contributed by atoms with Crippen molar-refractivity contribution in [2.45, 2.75) is 32.9 Å². The molecule has 10 heteroatoms. The van der Waals surface area contributed by atoms with E-state index in [4.69, 9.17) is 4.74 Å². The molecule has 2 rings (SSSR count). The molecule has 2 heterocycles. The summed E-state index contributed by atoms with van der Waals surface area (Å²) in [5, 5.41) is 9.02. The van der Waals surface area contributed by atoms with Gasteiger partial charge in [-0.1, -0.05) is 6.07 Å². The van der Waals surface area contributed by atoms with E-state index in [0.717, 1.165) is 11.4 Å². The number of aromatic nitrogens is 3. The molecule has 2 aromatic rings. The summed E-state index contributed by atoms with van der Waals surface area (Å²) in [4.78, 5) is 24.1. The SMILES string of the molecule is CN=C(NCCNC(=O)OC(C)(C)C)NCc1ccc(-n2ccnc2)nc1.I. The topological polar surface area (TPSA) is 105 Å². The van der Waals surface area contributed by atoms with E-state index in [1.165, 1.54) is 0 Å². The minimum absolute atomic E-state index is 0. The predicted octanol–water partition coefficient (Wildman–Crippen LogP) is 2.07. The van der Waals surface area contributed by atoms with E-state index < -0.39 is 11.7 Å². The number of halogens is 1. The molecule has 0 aliphatic carbocycles. The number of alkyl carbamates (subject to hydrolysis) is 1. The van der Waals surface area contributed by atoms with Gasteiger partial charge < -0.3 is 20.7 Å². The predicted molar refractivity (Wildman–Crippen MR) is 119 cm³/mol. The van der Waals surface area contributed by atoms with E-state index in [0.29, 0.717) is 25.6 Å². The van der Waals surface area contributed by atoms with Crippen molar-refractivity contribution in [3.63, 3.8) is 0 Å². The minimum atomic E-state index is -0.503. The fourth-order valence-electron chi connectivity index (χ4n) is 2.13. The zero-order chi connectivity index (χ0) is 19.7. The summed E-state index contributed by atoms with van der Waals surface area (Å²) in [7, 11) is 1.69. The number of amides is 1. The molecular weight excluding hydrogens is 473 g/mol. The third-order valence-electron chi connectivity index (χ3n) is 3.35. The van der Waals surface area contributed by atoms with Gasteiger partial charge in [0.15, 0.2) is 5.96 Å². The van der Waals surface area contributed by atoms with Crippen molar-refractivity contribution in [2.75, 3.05) is 20.1 Å². The second kappa shape index (κ2) is 11.5. The molecule has 0 aliphatic heterocycles. The van der Waals surface area contributed by atoms with Crippen molar-refractivity contribution in [3.05, 3.63) is 42.6 Å². The Hall–Kier alpha value is -2.37. The van der Waals surface area contributed by atoms with Crippen molar-refractivity contribution < 1.29 is 9.53 Å². The summed E-state index contributed by atoms with van der Waals surface area (Å²) in [6, 6.07) is 3.92. The summed E-state index contributed by atoms with van der Waals surface area (Å²) in [6.07, 6.45) is 6.63.